The van der Waals surface area contributed by atoms with Crippen LogP contribution < -0.4 is 11.2 Å². The quantitative estimate of drug-likeness (QED) is 0.565. The van der Waals surface area contributed by atoms with Gasteiger partial charge >= 0.3 is 0 Å². The van der Waals surface area contributed by atoms with E-state index < -0.39 is 5.91 Å². The molecular formula is C14H16N2O2. The van der Waals surface area contributed by atoms with E-state index in [0.29, 0.717) is 6.42 Å². The minimum atomic E-state index is -0.455. The summed E-state index contributed by atoms with van der Waals surface area (Å²) in [6.45, 7) is 0. The van der Waals surface area contributed by atoms with Gasteiger partial charge in [0.2, 0.25) is 5.91 Å². The first-order valence-electron chi connectivity index (χ1n) is 5.85. The summed E-state index contributed by atoms with van der Waals surface area (Å²) in [7, 11) is 0. The van der Waals surface area contributed by atoms with Gasteiger partial charge in [-0.3, -0.25) is 10.0 Å². The Morgan fingerprint density at radius 3 is 2.67 bits per heavy atom. The third-order valence-corrected chi connectivity index (χ3v) is 2.88. The molecule has 4 heteroatoms. The van der Waals surface area contributed by atoms with Crippen molar-refractivity contribution in [2.75, 3.05) is 0 Å². The fourth-order valence-electron chi connectivity index (χ4n) is 2.02. The second-order valence-corrected chi connectivity index (χ2v) is 4.38. The van der Waals surface area contributed by atoms with Crippen molar-refractivity contribution in [1.82, 2.24) is 5.48 Å². The SMILES string of the molecule is NC(CC(=O)NO)Cc1ccc2ccccc2c1. The zero-order chi connectivity index (χ0) is 13.0. The summed E-state index contributed by atoms with van der Waals surface area (Å²) < 4.78 is 0. The summed E-state index contributed by atoms with van der Waals surface area (Å²) in [5, 5.41) is 10.8. The van der Waals surface area contributed by atoms with E-state index in [-0.39, 0.29) is 12.5 Å². The van der Waals surface area contributed by atoms with E-state index in [1.165, 1.54) is 5.39 Å². The minimum absolute atomic E-state index is 0.114. The Morgan fingerprint density at radius 1 is 1.22 bits per heavy atom. The Kier molecular flexibility index (Phi) is 3.92. The first-order chi connectivity index (χ1) is 8.69. The molecule has 1 atom stereocenters. The van der Waals surface area contributed by atoms with Gasteiger partial charge in [-0.15, -0.1) is 0 Å². The average molecular weight is 244 g/mol. The van der Waals surface area contributed by atoms with Gasteiger partial charge in [0.05, 0.1) is 0 Å². The minimum Gasteiger partial charge on any atom is -0.327 e. The lowest BCUT2D eigenvalue weighted by Crippen LogP contribution is -2.31. The molecule has 94 valence electrons. The summed E-state index contributed by atoms with van der Waals surface area (Å²) in [6, 6.07) is 13.9. The standard InChI is InChI=1S/C14H16N2O2/c15-13(9-14(17)16-18)8-10-5-6-11-3-1-2-4-12(11)7-10/h1-7,13,18H,8-9,15H2,(H,16,17). The van der Waals surface area contributed by atoms with Crippen LogP contribution in [0.5, 0.6) is 0 Å². The summed E-state index contributed by atoms with van der Waals surface area (Å²) in [5.41, 5.74) is 8.54. The number of fused-ring (bicyclic) bond motifs is 1. The lowest BCUT2D eigenvalue weighted by Gasteiger charge is -2.10. The van der Waals surface area contributed by atoms with Crippen LogP contribution in [-0.2, 0) is 11.2 Å². The maximum Gasteiger partial charge on any atom is 0.244 e. The zero-order valence-corrected chi connectivity index (χ0v) is 9.97. The molecule has 0 aromatic heterocycles. The van der Waals surface area contributed by atoms with Crippen molar-refractivity contribution in [2.45, 2.75) is 18.9 Å². The Bertz CT molecular complexity index is 554. The van der Waals surface area contributed by atoms with Gasteiger partial charge in [-0.05, 0) is 22.8 Å². The third kappa shape index (κ3) is 3.06. The average Bonchev–Trinajstić information content (AvgIpc) is 2.38. The molecule has 0 heterocycles. The topological polar surface area (TPSA) is 75.4 Å². The number of nitrogens with one attached hydrogen (secondary N) is 1. The van der Waals surface area contributed by atoms with Gasteiger partial charge in [0.1, 0.15) is 0 Å². The molecule has 0 saturated heterocycles. The van der Waals surface area contributed by atoms with Crippen molar-refractivity contribution >= 4 is 16.7 Å². The molecule has 1 amide bonds. The summed E-state index contributed by atoms with van der Waals surface area (Å²) in [4.78, 5) is 11.0. The summed E-state index contributed by atoms with van der Waals surface area (Å²) >= 11 is 0. The maximum absolute atomic E-state index is 11.0. The molecule has 0 saturated carbocycles. The maximum atomic E-state index is 11.0. The van der Waals surface area contributed by atoms with Gasteiger partial charge in [0, 0.05) is 12.5 Å². The number of benzene rings is 2. The van der Waals surface area contributed by atoms with Crippen LogP contribution >= 0.6 is 0 Å². The molecule has 0 fully saturated rings. The number of amides is 1. The largest absolute Gasteiger partial charge is 0.327 e. The highest BCUT2D eigenvalue weighted by Gasteiger charge is 2.09. The van der Waals surface area contributed by atoms with E-state index in [4.69, 9.17) is 10.9 Å². The van der Waals surface area contributed by atoms with Crippen molar-refractivity contribution < 1.29 is 10.0 Å². The van der Waals surface area contributed by atoms with Crippen molar-refractivity contribution in [2.24, 2.45) is 5.73 Å². The predicted molar refractivity (Wildman–Crippen MR) is 70.2 cm³/mol. The van der Waals surface area contributed by atoms with E-state index in [1.54, 1.807) is 5.48 Å². The van der Waals surface area contributed by atoms with Gasteiger partial charge < -0.3 is 5.73 Å². The molecule has 0 radical (unpaired) electrons. The normalized spacial score (nSPS) is 12.3. The highest BCUT2D eigenvalue weighted by Crippen LogP contribution is 2.16. The van der Waals surface area contributed by atoms with E-state index in [0.717, 1.165) is 10.9 Å². The molecule has 2 rings (SSSR count). The molecule has 2 aromatic carbocycles. The molecule has 18 heavy (non-hydrogen) atoms. The monoisotopic (exact) mass is 244 g/mol. The summed E-state index contributed by atoms with van der Waals surface area (Å²) in [5.74, 6) is -0.455. The first-order valence-corrected chi connectivity index (χ1v) is 5.85. The Morgan fingerprint density at radius 2 is 1.94 bits per heavy atom. The number of nitrogens with two attached hydrogens (primary N) is 1. The van der Waals surface area contributed by atoms with Gasteiger partial charge in [0.25, 0.3) is 0 Å². The number of rotatable bonds is 4. The van der Waals surface area contributed by atoms with Crippen LogP contribution in [0, 0.1) is 0 Å². The fourth-order valence-corrected chi connectivity index (χ4v) is 2.02. The third-order valence-electron chi connectivity index (χ3n) is 2.88. The molecule has 0 aliphatic carbocycles. The first kappa shape index (κ1) is 12.5. The lowest BCUT2D eigenvalue weighted by molar-refractivity contribution is -0.129. The Hall–Kier alpha value is -1.91. The van der Waals surface area contributed by atoms with Crippen LogP contribution in [0.4, 0.5) is 0 Å². The van der Waals surface area contributed by atoms with Crippen LogP contribution in [-0.4, -0.2) is 17.2 Å². The highest BCUT2D eigenvalue weighted by molar-refractivity contribution is 5.83. The molecule has 0 aliphatic heterocycles. The van der Waals surface area contributed by atoms with E-state index in [9.17, 15) is 4.79 Å². The van der Waals surface area contributed by atoms with Crippen LogP contribution in [0.1, 0.15) is 12.0 Å². The highest BCUT2D eigenvalue weighted by atomic mass is 16.5. The van der Waals surface area contributed by atoms with Crippen molar-refractivity contribution in [3.8, 4) is 0 Å². The van der Waals surface area contributed by atoms with Gasteiger partial charge in [-0.25, -0.2) is 5.48 Å². The summed E-state index contributed by atoms with van der Waals surface area (Å²) in [6.07, 6.45) is 0.724. The van der Waals surface area contributed by atoms with Crippen LogP contribution in [0.15, 0.2) is 42.5 Å². The number of hydrogen-bond acceptors (Lipinski definition) is 3. The number of carbonyl (C=O) groups is 1. The number of hydroxylamine groups is 1. The zero-order valence-electron chi connectivity index (χ0n) is 9.97. The second kappa shape index (κ2) is 5.62. The van der Waals surface area contributed by atoms with Crippen molar-refractivity contribution in [3.05, 3.63) is 48.0 Å². The molecule has 0 aliphatic rings. The molecule has 0 bridgehead atoms. The molecular weight excluding hydrogens is 228 g/mol. The van der Waals surface area contributed by atoms with Gasteiger partial charge in [0.15, 0.2) is 0 Å². The second-order valence-electron chi connectivity index (χ2n) is 4.38. The van der Waals surface area contributed by atoms with E-state index in [1.807, 2.05) is 30.3 Å². The van der Waals surface area contributed by atoms with Crippen LogP contribution in [0.25, 0.3) is 10.8 Å². The van der Waals surface area contributed by atoms with Crippen molar-refractivity contribution in [1.29, 1.82) is 0 Å². The molecule has 1 unspecified atom stereocenters. The van der Waals surface area contributed by atoms with E-state index >= 15 is 0 Å². The molecule has 4 N–H and O–H groups in total. The molecule has 2 aromatic rings. The lowest BCUT2D eigenvalue weighted by atomic mass is 10.0. The predicted octanol–water partition coefficient (Wildman–Crippen LogP) is 1.61. The molecule has 4 nitrogen and oxygen atoms in total. The molecule has 0 spiro atoms. The van der Waals surface area contributed by atoms with Crippen LogP contribution in [0.2, 0.25) is 0 Å². The van der Waals surface area contributed by atoms with Crippen molar-refractivity contribution in [3.63, 3.8) is 0 Å². The Labute approximate surface area is 105 Å². The van der Waals surface area contributed by atoms with Crippen LogP contribution in [0.3, 0.4) is 0 Å². The van der Waals surface area contributed by atoms with E-state index in [2.05, 4.69) is 12.1 Å². The Balaban J connectivity index is 2.09. The van der Waals surface area contributed by atoms with Gasteiger partial charge in [-0.1, -0.05) is 42.5 Å². The number of carbonyl (C=O) groups excluding carboxylic acids is 1. The smallest absolute Gasteiger partial charge is 0.244 e. The fraction of sp³-hybridized carbons (Fsp3) is 0.214. The number of hydrogen-bond donors (Lipinski definition) is 3. The van der Waals surface area contributed by atoms with Gasteiger partial charge in [-0.2, -0.15) is 0 Å².